The molecule has 0 saturated heterocycles. The van der Waals surface area contributed by atoms with Gasteiger partial charge in [0, 0.05) is 0 Å². The molecule has 0 heterocycles. The fourth-order valence-electron chi connectivity index (χ4n) is 5.70. The van der Waals surface area contributed by atoms with E-state index in [1.165, 1.54) is 54.0 Å². The van der Waals surface area contributed by atoms with Crippen molar-refractivity contribution in [3.63, 3.8) is 0 Å². The van der Waals surface area contributed by atoms with Gasteiger partial charge in [-0.15, -0.1) is 0 Å². The smallest absolute Gasteiger partial charge is 0.336 e. The minimum Gasteiger partial charge on any atom is -0.478 e. The van der Waals surface area contributed by atoms with Gasteiger partial charge in [-0.05, 0) is 115 Å². The first-order valence-electron chi connectivity index (χ1n) is 12.3. The van der Waals surface area contributed by atoms with Gasteiger partial charge in [0.15, 0.2) is 0 Å². The number of carboxylic acids is 2. The zero-order valence-corrected chi connectivity index (χ0v) is 19.4. The first-order valence-corrected chi connectivity index (χ1v) is 12.3. The normalized spacial score (nSPS) is 14.8. The lowest BCUT2D eigenvalue weighted by molar-refractivity contribution is 0.0650. The van der Waals surface area contributed by atoms with E-state index in [2.05, 4.69) is 36.4 Å². The van der Waals surface area contributed by atoms with Crippen LogP contribution in [0.25, 0.3) is 0 Å². The van der Waals surface area contributed by atoms with Gasteiger partial charge in [-0.25, -0.2) is 9.59 Å². The SMILES string of the molecule is O=C(O)c1ccc(Cc2ccc3c(c2)CCCC3)c(Cc2ccc3c(c2)CCCC3)c1C(=O)O. The third-order valence-corrected chi connectivity index (χ3v) is 7.46. The van der Waals surface area contributed by atoms with E-state index >= 15 is 0 Å². The fourth-order valence-corrected chi connectivity index (χ4v) is 5.70. The molecule has 4 heteroatoms. The number of benzene rings is 3. The molecule has 0 spiro atoms. The van der Waals surface area contributed by atoms with Crippen LogP contribution in [0.15, 0.2) is 48.5 Å². The Morgan fingerprint density at radius 3 is 1.68 bits per heavy atom. The van der Waals surface area contributed by atoms with Gasteiger partial charge in [-0.1, -0.05) is 42.5 Å². The monoisotopic (exact) mass is 454 g/mol. The summed E-state index contributed by atoms with van der Waals surface area (Å²) in [6.07, 6.45) is 10.2. The molecule has 0 aromatic heterocycles. The highest BCUT2D eigenvalue weighted by molar-refractivity contribution is 6.03. The van der Waals surface area contributed by atoms with Gasteiger partial charge in [-0.3, -0.25) is 0 Å². The Morgan fingerprint density at radius 2 is 1.15 bits per heavy atom. The van der Waals surface area contributed by atoms with Crippen molar-refractivity contribution in [2.45, 2.75) is 64.2 Å². The lowest BCUT2D eigenvalue weighted by atomic mass is 9.85. The Labute approximate surface area is 200 Å². The molecule has 34 heavy (non-hydrogen) atoms. The van der Waals surface area contributed by atoms with Crippen LogP contribution in [0.2, 0.25) is 0 Å². The summed E-state index contributed by atoms with van der Waals surface area (Å²) in [6.45, 7) is 0. The van der Waals surface area contributed by atoms with Crippen molar-refractivity contribution in [3.05, 3.63) is 104 Å². The maximum absolute atomic E-state index is 12.3. The van der Waals surface area contributed by atoms with Crippen LogP contribution in [-0.2, 0) is 38.5 Å². The van der Waals surface area contributed by atoms with Crippen molar-refractivity contribution >= 4 is 11.9 Å². The molecule has 0 aliphatic heterocycles. The standard InChI is InChI=1S/C30H30O4/c31-29(32)26-14-13-25(17-19-9-11-21-5-1-3-7-23(21)15-19)27(28(26)30(33)34)18-20-10-12-22-6-2-4-8-24(22)16-20/h9-16H,1-8,17-18H2,(H,31,32)(H,33,34). The van der Waals surface area contributed by atoms with Gasteiger partial charge in [-0.2, -0.15) is 0 Å². The summed E-state index contributed by atoms with van der Waals surface area (Å²) in [5.41, 5.74) is 8.97. The Morgan fingerprint density at radius 1 is 0.618 bits per heavy atom. The number of rotatable bonds is 6. The van der Waals surface area contributed by atoms with Crippen molar-refractivity contribution < 1.29 is 19.8 Å². The number of fused-ring (bicyclic) bond motifs is 2. The van der Waals surface area contributed by atoms with Crippen LogP contribution in [0.3, 0.4) is 0 Å². The summed E-state index contributed by atoms with van der Waals surface area (Å²) in [5, 5.41) is 19.8. The maximum atomic E-state index is 12.3. The van der Waals surface area contributed by atoms with Gasteiger partial charge < -0.3 is 10.2 Å². The molecule has 2 aliphatic carbocycles. The molecule has 0 fully saturated rings. The quantitative estimate of drug-likeness (QED) is 0.477. The second-order valence-electron chi connectivity index (χ2n) is 9.71. The molecule has 2 N–H and O–H groups in total. The zero-order valence-electron chi connectivity index (χ0n) is 19.4. The Bertz CT molecular complexity index is 1270. The molecule has 5 rings (SSSR count). The number of aromatic carboxylic acids is 2. The first-order chi connectivity index (χ1) is 16.5. The summed E-state index contributed by atoms with van der Waals surface area (Å²) in [4.78, 5) is 24.2. The molecule has 174 valence electrons. The molecule has 3 aromatic carbocycles. The van der Waals surface area contributed by atoms with Crippen LogP contribution in [0.1, 0.15) is 90.9 Å². The average Bonchev–Trinajstić information content (AvgIpc) is 2.84. The van der Waals surface area contributed by atoms with Gasteiger partial charge in [0.1, 0.15) is 0 Å². The van der Waals surface area contributed by atoms with Gasteiger partial charge >= 0.3 is 11.9 Å². The highest BCUT2D eigenvalue weighted by atomic mass is 16.4. The molecule has 0 saturated carbocycles. The first kappa shape index (κ1) is 22.4. The van der Waals surface area contributed by atoms with Gasteiger partial charge in [0.25, 0.3) is 0 Å². The van der Waals surface area contributed by atoms with E-state index in [0.717, 1.165) is 42.4 Å². The van der Waals surface area contributed by atoms with Crippen LogP contribution in [-0.4, -0.2) is 22.2 Å². The lowest BCUT2D eigenvalue weighted by Gasteiger charge is -2.20. The average molecular weight is 455 g/mol. The third-order valence-electron chi connectivity index (χ3n) is 7.46. The van der Waals surface area contributed by atoms with Gasteiger partial charge in [0.05, 0.1) is 11.1 Å². The van der Waals surface area contributed by atoms with Crippen LogP contribution in [0.4, 0.5) is 0 Å². The third kappa shape index (κ3) is 4.50. The number of hydrogen-bond acceptors (Lipinski definition) is 2. The Kier molecular flexibility index (Phi) is 6.23. The van der Waals surface area contributed by atoms with E-state index in [-0.39, 0.29) is 11.1 Å². The number of carbonyl (C=O) groups is 2. The van der Waals surface area contributed by atoms with Crippen molar-refractivity contribution in [2.75, 3.05) is 0 Å². The number of carboxylic acid groups (broad SMARTS) is 2. The lowest BCUT2D eigenvalue weighted by Crippen LogP contribution is -2.15. The van der Waals surface area contributed by atoms with Crippen LogP contribution < -0.4 is 0 Å². The highest BCUT2D eigenvalue weighted by Gasteiger charge is 2.24. The molecular weight excluding hydrogens is 424 g/mol. The summed E-state index contributed by atoms with van der Waals surface area (Å²) < 4.78 is 0. The van der Waals surface area contributed by atoms with Crippen molar-refractivity contribution in [1.82, 2.24) is 0 Å². The molecule has 0 atom stereocenters. The molecular formula is C30H30O4. The topological polar surface area (TPSA) is 74.6 Å². The van der Waals surface area contributed by atoms with Crippen molar-refractivity contribution in [2.24, 2.45) is 0 Å². The predicted molar refractivity (Wildman–Crippen MR) is 132 cm³/mol. The predicted octanol–water partition coefficient (Wildman–Crippen LogP) is 6.02. The largest absolute Gasteiger partial charge is 0.478 e. The van der Waals surface area contributed by atoms with Gasteiger partial charge in [0.2, 0.25) is 0 Å². The minimum atomic E-state index is -1.20. The van der Waals surface area contributed by atoms with Crippen LogP contribution in [0, 0.1) is 0 Å². The summed E-state index contributed by atoms with van der Waals surface area (Å²) in [7, 11) is 0. The second-order valence-corrected chi connectivity index (χ2v) is 9.71. The Hall–Kier alpha value is -3.40. The molecule has 0 radical (unpaired) electrons. The second kappa shape index (κ2) is 9.46. The molecule has 2 aliphatic rings. The van der Waals surface area contributed by atoms with Crippen molar-refractivity contribution in [1.29, 1.82) is 0 Å². The molecule has 0 amide bonds. The molecule has 0 unspecified atom stereocenters. The molecule has 4 nitrogen and oxygen atoms in total. The van der Waals surface area contributed by atoms with E-state index < -0.39 is 11.9 Å². The minimum absolute atomic E-state index is 0.0827. The van der Waals surface area contributed by atoms with E-state index in [1.807, 2.05) is 6.07 Å². The molecule has 3 aromatic rings. The highest BCUT2D eigenvalue weighted by Crippen LogP contribution is 2.29. The fraction of sp³-hybridized carbons (Fsp3) is 0.333. The summed E-state index contributed by atoms with van der Waals surface area (Å²) in [6, 6.07) is 16.3. The van der Waals surface area contributed by atoms with E-state index in [1.54, 1.807) is 0 Å². The maximum Gasteiger partial charge on any atom is 0.336 e. The number of aryl methyl sites for hydroxylation is 4. The molecule has 0 bridgehead atoms. The Balaban J connectivity index is 1.57. The number of hydrogen-bond donors (Lipinski definition) is 2. The van der Waals surface area contributed by atoms with E-state index in [4.69, 9.17) is 0 Å². The zero-order chi connectivity index (χ0) is 23.7. The van der Waals surface area contributed by atoms with Crippen molar-refractivity contribution in [3.8, 4) is 0 Å². The van der Waals surface area contributed by atoms with Crippen LogP contribution >= 0.6 is 0 Å². The van der Waals surface area contributed by atoms with E-state index in [0.29, 0.717) is 18.4 Å². The summed E-state index contributed by atoms with van der Waals surface area (Å²) >= 11 is 0. The van der Waals surface area contributed by atoms with E-state index in [9.17, 15) is 19.8 Å². The van der Waals surface area contributed by atoms with Crippen LogP contribution in [0.5, 0.6) is 0 Å². The summed E-state index contributed by atoms with van der Waals surface area (Å²) in [5.74, 6) is -2.39.